The number of H-pyrrole nitrogens is 1. The molecule has 0 fully saturated rings. The summed E-state index contributed by atoms with van der Waals surface area (Å²) in [5.41, 5.74) is 3.30. The number of nitrogens with one attached hydrogen (secondary N) is 3. The quantitative estimate of drug-likeness (QED) is 0.339. The molecule has 144 valence electrons. The Kier molecular flexibility index (Phi) is 4.90. The number of rotatable bonds is 6. The van der Waals surface area contributed by atoms with Crippen LogP contribution in [-0.2, 0) is 4.79 Å². The maximum atomic E-state index is 12.4. The highest BCUT2D eigenvalue weighted by Crippen LogP contribution is 2.28. The molecule has 0 aliphatic carbocycles. The average Bonchev–Trinajstić information content (AvgIpc) is 3.17. The van der Waals surface area contributed by atoms with Gasteiger partial charge < -0.3 is 15.6 Å². The molecular formula is C21H17N5O3. The van der Waals surface area contributed by atoms with E-state index in [9.17, 15) is 14.9 Å². The first-order valence-corrected chi connectivity index (χ1v) is 8.93. The maximum Gasteiger partial charge on any atom is 0.292 e. The highest BCUT2D eigenvalue weighted by molar-refractivity contribution is 5.97. The summed E-state index contributed by atoms with van der Waals surface area (Å²) >= 11 is 0. The Hall–Kier alpha value is -4.20. The number of carbonyl (C=O) groups is 1. The Morgan fingerprint density at radius 2 is 1.66 bits per heavy atom. The second-order valence-electron chi connectivity index (χ2n) is 6.32. The van der Waals surface area contributed by atoms with Gasteiger partial charge in [0.1, 0.15) is 11.5 Å². The van der Waals surface area contributed by atoms with E-state index < -0.39 is 4.92 Å². The number of imidazole rings is 1. The molecule has 0 atom stereocenters. The lowest BCUT2D eigenvalue weighted by Crippen LogP contribution is -2.22. The zero-order valence-electron chi connectivity index (χ0n) is 15.3. The van der Waals surface area contributed by atoms with Crippen molar-refractivity contribution in [1.29, 1.82) is 0 Å². The molecule has 1 amide bonds. The highest BCUT2D eigenvalue weighted by atomic mass is 16.6. The van der Waals surface area contributed by atoms with Gasteiger partial charge in [0, 0.05) is 11.6 Å². The third-order valence-corrected chi connectivity index (χ3v) is 4.39. The van der Waals surface area contributed by atoms with Gasteiger partial charge in [0.25, 0.3) is 5.69 Å². The molecule has 8 nitrogen and oxygen atoms in total. The number of fused-ring (bicyclic) bond motifs is 1. The van der Waals surface area contributed by atoms with Gasteiger partial charge in [0.2, 0.25) is 5.91 Å². The molecule has 3 aromatic carbocycles. The molecule has 0 aliphatic heterocycles. The Bertz CT molecular complexity index is 1170. The third kappa shape index (κ3) is 3.91. The molecule has 8 heteroatoms. The van der Waals surface area contributed by atoms with Crippen LogP contribution in [-0.4, -0.2) is 27.3 Å². The molecule has 0 bridgehead atoms. The first-order valence-electron chi connectivity index (χ1n) is 8.93. The van der Waals surface area contributed by atoms with Crippen molar-refractivity contribution in [2.24, 2.45) is 0 Å². The van der Waals surface area contributed by atoms with E-state index in [-0.39, 0.29) is 18.1 Å². The normalized spacial score (nSPS) is 10.6. The minimum atomic E-state index is -0.489. The van der Waals surface area contributed by atoms with Gasteiger partial charge in [0.15, 0.2) is 0 Å². The maximum absolute atomic E-state index is 12.4. The number of carbonyl (C=O) groups excluding carboxylic acids is 1. The minimum Gasteiger partial charge on any atom is -0.371 e. The second-order valence-corrected chi connectivity index (χ2v) is 6.32. The summed E-state index contributed by atoms with van der Waals surface area (Å²) in [6.07, 6.45) is 0. The molecule has 0 unspecified atom stereocenters. The van der Waals surface area contributed by atoms with Gasteiger partial charge in [-0.05, 0) is 30.3 Å². The van der Waals surface area contributed by atoms with Crippen LogP contribution in [0, 0.1) is 10.1 Å². The number of aromatic amines is 1. The van der Waals surface area contributed by atoms with Crippen LogP contribution in [0.15, 0.2) is 72.8 Å². The predicted molar refractivity (Wildman–Crippen MR) is 112 cm³/mol. The minimum absolute atomic E-state index is 0.0806. The number of anilines is 2. The first-order chi connectivity index (χ1) is 14.1. The monoisotopic (exact) mass is 387 g/mol. The topological polar surface area (TPSA) is 113 Å². The van der Waals surface area contributed by atoms with Crippen LogP contribution in [0.5, 0.6) is 0 Å². The summed E-state index contributed by atoms with van der Waals surface area (Å²) in [5, 5.41) is 16.7. The van der Waals surface area contributed by atoms with E-state index in [1.165, 1.54) is 6.07 Å². The van der Waals surface area contributed by atoms with Crippen molar-refractivity contribution >= 4 is 34.0 Å². The van der Waals surface area contributed by atoms with Crippen LogP contribution in [0.1, 0.15) is 0 Å². The van der Waals surface area contributed by atoms with E-state index in [1.807, 2.05) is 42.5 Å². The predicted octanol–water partition coefficient (Wildman–Crippen LogP) is 4.19. The molecule has 3 N–H and O–H groups in total. The lowest BCUT2D eigenvalue weighted by molar-refractivity contribution is -0.383. The van der Waals surface area contributed by atoms with Crippen molar-refractivity contribution < 1.29 is 9.72 Å². The number of nitro groups is 1. The van der Waals surface area contributed by atoms with E-state index in [0.717, 1.165) is 16.6 Å². The summed E-state index contributed by atoms with van der Waals surface area (Å²) in [6, 6.07) is 21.2. The summed E-state index contributed by atoms with van der Waals surface area (Å²) in [7, 11) is 0. The van der Waals surface area contributed by atoms with Crippen molar-refractivity contribution in [2.75, 3.05) is 17.2 Å². The molecule has 1 heterocycles. The van der Waals surface area contributed by atoms with Crippen molar-refractivity contribution in [1.82, 2.24) is 9.97 Å². The Morgan fingerprint density at radius 1 is 0.966 bits per heavy atom. The lowest BCUT2D eigenvalue weighted by atomic mass is 10.1. The number of nitro benzene ring substituents is 1. The number of nitrogens with zero attached hydrogens (tertiary/aromatic N) is 2. The summed E-state index contributed by atoms with van der Waals surface area (Å²) in [5.74, 6) is 0.320. The van der Waals surface area contributed by atoms with Crippen molar-refractivity contribution in [3.8, 4) is 11.4 Å². The SMILES string of the molecule is O=C(CNc1ccccc1[N+](=O)[O-])Nc1ccccc1-c1nc2ccccc2[nH]1. The lowest BCUT2D eigenvalue weighted by Gasteiger charge is -2.11. The van der Waals surface area contributed by atoms with Crippen molar-refractivity contribution in [3.63, 3.8) is 0 Å². The Morgan fingerprint density at radius 3 is 2.45 bits per heavy atom. The largest absolute Gasteiger partial charge is 0.371 e. The molecule has 0 saturated carbocycles. The fraction of sp³-hybridized carbons (Fsp3) is 0.0476. The molecular weight excluding hydrogens is 370 g/mol. The third-order valence-electron chi connectivity index (χ3n) is 4.39. The number of aromatic nitrogens is 2. The van der Waals surface area contributed by atoms with Gasteiger partial charge in [-0.1, -0.05) is 36.4 Å². The first kappa shape index (κ1) is 18.2. The molecule has 1 aromatic heterocycles. The standard InChI is InChI=1S/C21H17N5O3/c27-20(13-22-18-11-5-6-12-19(18)26(28)29)23-15-8-2-1-7-14(15)21-24-16-9-3-4-10-17(16)25-21/h1-12,22H,13H2,(H,23,27)(H,24,25). The fourth-order valence-corrected chi connectivity index (χ4v) is 3.03. The van der Waals surface area contributed by atoms with Crippen molar-refractivity contribution in [3.05, 3.63) is 82.9 Å². The number of hydrogen-bond acceptors (Lipinski definition) is 5. The Balaban J connectivity index is 1.52. The highest BCUT2D eigenvalue weighted by Gasteiger charge is 2.15. The van der Waals surface area contributed by atoms with E-state index in [1.54, 1.807) is 24.3 Å². The number of hydrogen-bond donors (Lipinski definition) is 3. The van der Waals surface area contributed by atoms with Crippen LogP contribution in [0.2, 0.25) is 0 Å². The van der Waals surface area contributed by atoms with E-state index in [4.69, 9.17) is 0 Å². The van der Waals surface area contributed by atoms with Crippen LogP contribution in [0.4, 0.5) is 17.1 Å². The molecule has 0 radical (unpaired) electrons. The zero-order valence-corrected chi connectivity index (χ0v) is 15.3. The van der Waals surface area contributed by atoms with Gasteiger partial charge in [0.05, 0.1) is 28.2 Å². The van der Waals surface area contributed by atoms with Gasteiger partial charge in [-0.15, -0.1) is 0 Å². The van der Waals surface area contributed by atoms with Crippen LogP contribution in [0.25, 0.3) is 22.4 Å². The molecule has 4 rings (SSSR count). The number of amides is 1. The smallest absolute Gasteiger partial charge is 0.292 e. The van der Waals surface area contributed by atoms with E-state index in [2.05, 4.69) is 20.6 Å². The Labute approximate surface area is 165 Å². The van der Waals surface area contributed by atoms with Crippen LogP contribution >= 0.6 is 0 Å². The summed E-state index contributed by atoms with van der Waals surface area (Å²) < 4.78 is 0. The van der Waals surface area contributed by atoms with E-state index in [0.29, 0.717) is 17.2 Å². The average molecular weight is 387 g/mol. The van der Waals surface area contributed by atoms with Gasteiger partial charge >= 0.3 is 0 Å². The fourth-order valence-electron chi connectivity index (χ4n) is 3.03. The summed E-state index contributed by atoms with van der Waals surface area (Å²) in [6.45, 7) is -0.112. The van der Waals surface area contributed by atoms with Crippen LogP contribution < -0.4 is 10.6 Å². The van der Waals surface area contributed by atoms with Crippen molar-refractivity contribution in [2.45, 2.75) is 0 Å². The molecule has 0 aliphatic rings. The van der Waals surface area contributed by atoms with E-state index >= 15 is 0 Å². The molecule has 0 spiro atoms. The zero-order chi connectivity index (χ0) is 20.2. The second kappa shape index (κ2) is 7.81. The number of para-hydroxylation sites is 5. The molecule has 29 heavy (non-hydrogen) atoms. The van der Waals surface area contributed by atoms with Gasteiger partial charge in [-0.2, -0.15) is 0 Å². The molecule has 0 saturated heterocycles. The summed E-state index contributed by atoms with van der Waals surface area (Å²) in [4.78, 5) is 30.9. The van der Waals surface area contributed by atoms with Crippen LogP contribution in [0.3, 0.4) is 0 Å². The number of benzene rings is 3. The van der Waals surface area contributed by atoms with Gasteiger partial charge in [-0.25, -0.2) is 4.98 Å². The molecule has 4 aromatic rings. The van der Waals surface area contributed by atoms with Gasteiger partial charge in [-0.3, -0.25) is 14.9 Å².